The Hall–Kier alpha value is -2.04. The van der Waals surface area contributed by atoms with Gasteiger partial charge in [0.1, 0.15) is 6.10 Å². The zero-order chi connectivity index (χ0) is 13.0. The van der Waals surface area contributed by atoms with Crippen molar-refractivity contribution in [1.82, 2.24) is 5.32 Å². The maximum atomic E-state index is 11.1. The smallest absolute Gasteiger partial charge is 0.405 e. The summed E-state index contributed by atoms with van der Waals surface area (Å²) in [7, 11) is 0. The van der Waals surface area contributed by atoms with Crippen molar-refractivity contribution >= 4 is 12.1 Å². The normalized spacial score (nSPS) is 20.2. The Bertz CT molecular complexity index is 432. The van der Waals surface area contributed by atoms with Crippen LogP contribution in [0.5, 0.6) is 0 Å². The highest BCUT2D eigenvalue weighted by Crippen LogP contribution is 2.19. The predicted molar refractivity (Wildman–Crippen MR) is 64.2 cm³/mol. The highest BCUT2D eigenvalue weighted by Gasteiger charge is 2.32. The van der Waals surface area contributed by atoms with Gasteiger partial charge in [-0.05, 0) is 18.4 Å². The standard InChI is InChI=1S/C13H15NO4/c15-12-7-6-11(18-12)10(14-13(16)17)8-9-4-2-1-3-5-9/h1-5,10-11,14H,6-8H2,(H,16,17)/t10-,11?/m0/s1. The van der Waals surface area contributed by atoms with Gasteiger partial charge in [0.05, 0.1) is 6.04 Å². The lowest BCUT2D eigenvalue weighted by Crippen LogP contribution is -2.44. The van der Waals surface area contributed by atoms with Gasteiger partial charge in [-0.3, -0.25) is 4.79 Å². The Morgan fingerprint density at radius 3 is 2.72 bits per heavy atom. The van der Waals surface area contributed by atoms with E-state index >= 15 is 0 Å². The van der Waals surface area contributed by atoms with Crippen molar-refractivity contribution in [2.45, 2.75) is 31.4 Å². The maximum Gasteiger partial charge on any atom is 0.405 e. The Morgan fingerprint density at radius 2 is 2.17 bits per heavy atom. The summed E-state index contributed by atoms with van der Waals surface area (Å²) in [5.74, 6) is -0.259. The fraction of sp³-hybridized carbons (Fsp3) is 0.385. The fourth-order valence-corrected chi connectivity index (χ4v) is 2.13. The van der Waals surface area contributed by atoms with E-state index in [-0.39, 0.29) is 12.1 Å². The van der Waals surface area contributed by atoms with Gasteiger partial charge < -0.3 is 15.2 Å². The Morgan fingerprint density at radius 1 is 1.44 bits per heavy atom. The van der Waals surface area contributed by atoms with Crippen molar-refractivity contribution in [3.63, 3.8) is 0 Å². The maximum absolute atomic E-state index is 11.1. The first-order valence-corrected chi connectivity index (χ1v) is 5.88. The van der Waals surface area contributed by atoms with Gasteiger partial charge >= 0.3 is 12.1 Å². The third kappa shape index (κ3) is 3.23. The van der Waals surface area contributed by atoms with Crippen LogP contribution in [0, 0.1) is 0 Å². The number of ether oxygens (including phenoxy) is 1. The molecule has 0 saturated carbocycles. The average Bonchev–Trinajstić information content (AvgIpc) is 2.76. The molecule has 1 aliphatic heterocycles. The second-order valence-corrected chi connectivity index (χ2v) is 4.31. The molecule has 0 aromatic heterocycles. The van der Waals surface area contributed by atoms with E-state index in [2.05, 4.69) is 5.32 Å². The minimum atomic E-state index is -1.10. The number of cyclic esters (lactones) is 1. The number of hydrogen-bond acceptors (Lipinski definition) is 3. The molecule has 18 heavy (non-hydrogen) atoms. The lowest BCUT2D eigenvalue weighted by atomic mass is 9.99. The summed E-state index contributed by atoms with van der Waals surface area (Å²) in [4.78, 5) is 21.9. The molecule has 2 atom stereocenters. The molecule has 0 spiro atoms. The van der Waals surface area contributed by atoms with Gasteiger partial charge in [-0.1, -0.05) is 30.3 Å². The van der Waals surface area contributed by atoms with Crippen LogP contribution in [0.3, 0.4) is 0 Å². The van der Waals surface area contributed by atoms with E-state index in [1.54, 1.807) is 0 Å². The summed E-state index contributed by atoms with van der Waals surface area (Å²) in [6.07, 6.45) is -0.0217. The molecule has 0 aliphatic carbocycles. The number of amides is 1. The van der Waals surface area contributed by atoms with Crippen molar-refractivity contribution in [3.05, 3.63) is 35.9 Å². The summed E-state index contributed by atoms with van der Waals surface area (Å²) in [6.45, 7) is 0. The fourth-order valence-electron chi connectivity index (χ4n) is 2.13. The molecular formula is C13H15NO4. The molecule has 1 saturated heterocycles. The van der Waals surface area contributed by atoms with Crippen molar-refractivity contribution in [1.29, 1.82) is 0 Å². The SMILES string of the molecule is O=C(O)N[C@@H](Cc1ccccc1)C1CCC(=O)O1. The molecule has 5 nitrogen and oxygen atoms in total. The topological polar surface area (TPSA) is 75.6 Å². The van der Waals surface area contributed by atoms with Gasteiger partial charge in [0, 0.05) is 6.42 Å². The average molecular weight is 249 g/mol. The molecule has 1 amide bonds. The monoisotopic (exact) mass is 249 g/mol. The Balaban J connectivity index is 2.05. The summed E-state index contributed by atoms with van der Waals surface area (Å²) >= 11 is 0. The quantitative estimate of drug-likeness (QED) is 0.794. The predicted octanol–water partition coefficient (Wildman–Crippen LogP) is 1.57. The van der Waals surface area contributed by atoms with Crippen molar-refractivity contribution < 1.29 is 19.4 Å². The summed E-state index contributed by atoms with van der Waals surface area (Å²) in [5, 5.41) is 11.3. The largest absolute Gasteiger partial charge is 0.465 e. The third-order valence-corrected chi connectivity index (χ3v) is 2.97. The molecule has 5 heteroatoms. The number of carbonyl (C=O) groups is 2. The number of benzene rings is 1. The number of esters is 1. The van der Waals surface area contributed by atoms with Gasteiger partial charge in [0.2, 0.25) is 0 Å². The number of carboxylic acid groups (broad SMARTS) is 1. The minimum Gasteiger partial charge on any atom is -0.465 e. The first-order chi connectivity index (χ1) is 8.65. The van der Waals surface area contributed by atoms with E-state index in [9.17, 15) is 9.59 Å². The molecule has 96 valence electrons. The van der Waals surface area contributed by atoms with Gasteiger partial charge in [-0.2, -0.15) is 0 Å². The van der Waals surface area contributed by atoms with Gasteiger partial charge in [0.25, 0.3) is 0 Å². The van der Waals surface area contributed by atoms with Gasteiger partial charge in [0.15, 0.2) is 0 Å². The highest BCUT2D eigenvalue weighted by atomic mass is 16.6. The van der Waals surface area contributed by atoms with Crippen molar-refractivity contribution in [3.8, 4) is 0 Å². The van der Waals surface area contributed by atoms with E-state index in [1.165, 1.54) is 0 Å². The molecular weight excluding hydrogens is 234 g/mol. The lowest BCUT2D eigenvalue weighted by Gasteiger charge is -2.22. The zero-order valence-corrected chi connectivity index (χ0v) is 9.83. The molecule has 1 unspecified atom stereocenters. The molecule has 2 rings (SSSR count). The van der Waals surface area contributed by atoms with E-state index in [0.717, 1.165) is 5.56 Å². The minimum absolute atomic E-state index is 0.259. The van der Waals surface area contributed by atoms with Crippen LogP contribution >= 0.6 is 0 Å². The summed E-state index contributed by atoms with van der Waals surface area (Å²) in [5.41, 5.74) is 1.01. The van der Waals surface area contributed by atoms with Crippen LogP contribution in [0.2, 0.25) is 0 Å². The number of rotatable bonds is 4. The van der Waals surface area contributed by atoms with Crippen LogP contribution in [0.4, 0.5) is 4.79 Å². The van der Waals surface area contributed by atoms with Crippen LogP contribution < -0.4 is 5.32 Å². The molecule has 1 aromatic rings. The summed E-state index contributed by atoms with van der Waals surface area (Å²) in [6, 6.07) is 9.15. The first-order valence-electron chi connectivity index (χ1n) is 5.88. The first kappa shape index (κ1) is 12.4. The Labute approximate surface area is 105 Å². The Kier molecular flexibility index (Phi) is 3.82. The molecule has 0 radical (unpaired) electrons. The zero-order valence-electron chi connectivity index (χ0n) is 9.83. The van der Waals surface area contributed by atoms with Crippen molar-refractivity contribution in [2.24, 2.45) is 0 Å². The molecule has 1 fully saturated rings. The van der Waals surface area contributed by atoms with Gasteiger partial charge in [-0.15, -0.1) is 0 Å². The van der Waals surface area contributed by atoms with E-state index in [4.69, 9.17) is 9.84 Å². The molecule has 0 bridgehead atoms. The number of nitrogens with one attached hydrogen (secondary N) is 1. The molecule has 1 heterocycles. The lowest BCUT2D eigenvalue weighted by molar-refractivity contribution is -0.142. The van der Waals surface area contributed by atoms with Crippen LogP contribution in [0.1, 0.15) is 18.4 Å². The van der Waals surface area contributed by atoms with Crippen LogP contribution in [0.15, 0.2) is 30.3 Å². The summed E-state index contributed by atoms with van der Waals surface area (Å²) < 4.78 is 5.13. The molecule has 2 N–H and O–H groups in total. The second-order valence-electron chi connectivity index (χ2n) is 4.31. The highest BCUT2D eigenvalue weighted by molar-refractivity contribution is 5.72. The van der Waals surface area contributed by atoms with E-state index in [1.807, 2.05) is 30.3 Å². The second kappa shape index (κ2) is 5.53. The van der Waals surface area contributed by atoms with Crippen LogP contribution in [-0.2, 0) is 16.0 Å². The van der Waals surface area contributed by atoms with Crippen LogP contribution in [0.25, 0.3) is 0 Å². The van der Waals surface area contributed by atoms with Crippen molar-refractivity contribution in [2.75, 3.05) is 0 Å². The number of carbonyl (C=O) groups excluding carboxylic acids is 1. The number of hydrogen-bond donors (Lipinski definition) is 2. The van der Waals surface area contributed by atoms with Crippen LogP contribution in [-0.4, -0.2) is 29.3 Å². The molecule has 1 aromatic carbocycles. The molecule has 1 aliphatic rings. The van der Waals surface area contributed by atoms with E-state index < -0.39 is 12.1 Å². The van der Waals surface area contributed by atoms with E-state index in [0.29, 0.717) is 19.3 Å². The third-order valence-electron chi connectivity index (χ3n) is 2.97. The van der Waals surface area contributed by atoms with Gasteiger partial charge in [-0.25, -0.2) is 4.79 Å².